The number of carbonyl (C=O) groups excluding carboxylic acids is 1. The Hall–Kier alpha value is -2.46. The molecule has 3 aliphatic heterocycles. The number of rotatable bonds is 5. The first kappa shape index (κ1) is 23.3. The zero-order valence-corrected chi connectivity index (χ0v) is 20.7. The van der Waals surface area contributed by atoms with Crippen LogP contribution in [0.5, 0.6) is 0 Å². The van der Waals surface area contributed by atoms with Crippen molar-refractivity contribution in [2.75, 3.05) is 44.9 Å². The predicted molar refractivity (Wildman–Crippen MR) is 130 cm³/mol. The molecule has 0 radical (unpaired) electrons. The van der Waals surface area contributed by atoms with E-state index in [0.29, 0.717) is 43.1 Å². The lowest BCUT2D eigenvalue weighted by molar-refractivity contribution is -0.112. The number of benzene rings is 1. The Labute approximate surface area is 200 Å². The fourth-order valence-electron chi connectivity index (χ4n) is 5.07. The topological polar surface area (TPSA) is 81.1 Å². The Morgan fingerprint density at radius 2 is 1.88 bits per heavy atom. The lowest BCUT2D eigenvalue weighted by atomic mass is 10.0. The van der Waals surface area contributed by atoms with Crippen molar-refractivity contribution in [3.63, 3.8) is 0 Å². The van der Waals surface area contributed by atoms with E-state index in [-0.39, 0.29) is 16.9 Å². The highest BCUT2D eigenvalue weighted by Crippen LogP contribution is 2.39. The van der Waals surface area contributed by atoms with Gasteiger partial charge in [0.1, 0.15) is 0 Å². The first-order chi connectivity index (χ1) is 16.3. The molecular formula is C25H31N3O5S. The molecule has 1 aromatic carbocycles. The van der Waals surface area contributed by atoms with Gasteiger partial charge in [-0.3, -0.25) is 4.79 Å². The summed E-state index contributed by atoms with van der Waals surface area (Å²) in [5.41, 5.74) is 5.01. The third-order valence-corrected chi connectivity index (χ3v) is 8.98. The number of aryl methyl sites for hydroxylation is 1. The summed E-state index contributed by atoms with van der Waals surface area (Å²) < 4.78 is 41.2. The highest BCUT2D eigenvalue weighted by molar-refractivity contribution is 7.89. The lowest BCUT2D eigenvalue weighted by Gasteiger charge is -2.26. The summed E-state index contributed by atoms with van der Waals surface area (Å²) in [5, 5.41) is 0. The molecule has 0 aliphatic carbocycles. The van der Waals surface area contributed by atoms with Crippen LogP contribution >= 0.6 is 0 Å². The number of hydrogen-bond donors (Lipinski definition) is 0. The number of carbonyl (C=O) groups is 1. The van der Waals surface area contributed by atoms with Crippen molar-refractivity contribution in [2.24, 2.45) is 0 Å². The first-order valence-corrected chi connectivity index (χ1v) is 13.2. The van der Waals surface area contributed by atoms with E-state index in [1.807, 2.05) is 6.08 Å². The molecule has 0 spiro atoms. The molecule has 0 saturated carbocycles. The largest absolute Gasteiger partial charge is 0.379 e. The van der Waals surface area contributed by atoms with Crippen LogP contribution in [-0.2, 0) is 30.8 Å². The van der Waals surface area contributed by atoms with E-state index in [1.165, 1.54) is 4.31 Å². The number of morpholine rings is 1. The molecule has 0 bridgehead atoms. The zero-order valence-electron chi connectivity index (χ0n) is 19.9. The van der Waals surface area contributed by atoms with Gasteiger partial charge in [-0.15, -0.1) is 0 Å². The van der Waals surface area contributed by atoms with E-state index in [4.69, 9.17) is 9.47 Å². The van der Waals surface area contributed by atoms with Crippen LogP contribution < -0.4 is 4.90 Å². The second-order valence-electron chi connectivity index (χ2n) is 9.19. The second kappa shape index (κ2) is 8.96. The van der Waals surface area contributed by atoms with Crippen LogP contribution in [0.3, 0.4) is 0 Å². The summed E-state index contributed by atoms with van der Waals surface area (Å²) in [6.45, 7) is 7.16. The number of fused-ring (bicyclic) bond motifs is 1. The summed E-state index contributed by atoms with van der Waals surface area (Å²) in [6, 6.07) is 7.03. The molecule has 2 aromatic rings. The third kappa shape index (κ3) is 4.00. The van der Waals surface area contributed by atoms with Crippen molar-refractivity contribution in [1.29, 1.82) is 0 Å². The molecule has 182 valence electrons. The van der Waals surface area contributed by atoms with Gasteiger partial charge in [0, 0.05) is 55.8 Å². The number of hydrogen-bond acceptors (Lipinski definition) is 5. The van der Waals surface area contributed by atoms with E-state index < -0.39 is 10.0 Å². The lowest BCUT2D eigenvalue weighted by Crippen LogP contribution is -2.40. The number of amides is 1. The maximum Gasteiger partial charge on any atom is 0.258 e. The van der Waals surface area contributed by atoms with E-state index in [0.717, 1.165) is 42.9 Å². The van der Waals surface area contributed by atoms with Crippen LogP contribution in [0, 0.1) is 13.8 Å². The van der Waals surface area contributed by atoms with Crippen molar-refractivity contribution < 1.29 is 22.7 Å². The van der Waals surface area contributed by atoms with Gasteiger partial charge in [0.15, 0.2) is 0 Å². The fraction of sp³-hybridized carbons (Fsp3) is 0.480. The molecule has 1 amide bonds. The minimum absolute atomic E-state index is 0.139. The van der Waals surface area contributed by atoms with Crippen LogP contribution in [0.4, 0.5) is 5.69 Å². The molecule has 8 nitrogen and oxygen atoms in total. The average Bonchev–Trinajstić information content (AvgIpc) is 3.51. The summed E-state index contributed by atoms with van der Waals surface area (Å²) in [7, 11) is -1.94. The Balaban J connectivity index is 1.52. The Morgan fingerprint density at radius 1 is 1.12 bits per heavy atom. The average molecular weight is 486 g/mol. The van der Waals surface area contributed by atoms with E-state index >= 15 is 0 Å². The number of anilines is 1. The van der Waals surface area contributed by atoms with Crippen molar-refractivity contribution in [1.82, 2.24) is 8.87 Å². The SMILES string of the molecule is Cc1cc(/C=C2\C(=O)N(C)c3ccc(S(=O)(=O)N4CCOCC4)cc32)c(C)n1C[C@@H]1CCCO1. The molecule has 9 heteroatoms. The van der Waals surface area contributed by atoms with E-state index in [1.54, 1.807) is 30.1 Å². The van der Waals surface area contributed by atoms with E-state index in [9.17, 15) is 13.2 Å². The predicted octanol–water partition coefficient (Wildman–Crippen LogP) is 2.82. The normalized spacial score (nSPS) is 22.7. The minimum atomic E-state index is -3.66. The molecule has 0 unspecified atom stereocenters. The molecule has 3 aliphatic rings. The summed E-state index contributed by atoms with van der Waals surface area (Å²) >= 11 is 0. The second-order valence-corrected chi connectivity index (χ2v) is 11.1. The first-order valence-electron chi connectivity index (χ1n) is 11.8. The molecule has 2 fully saturated rings. The highest BCUT2D eigenvalue weighted by Gasteiger charge is 2.33. The molecule has 1 aromatic heterocycles. The number of aromatic nitrogens is 1. The molecule has 4 heterocycles. The quantitative estimate of drug-likeness (QED) is 0.609. The smallest absolute Gasteiger partial charge is 0.258 e. The number of nitrogens with zero attached hydrogens (tertiary/aromatic N) is 3. The molecule has 2 saturated heterocycles. The Morgan fingerprint density at radius 3 is 2.59 bits per heavy atom. The van der Waals surface area contributed by atoms with Gasteiger partial charge in [0.05, 0.1) is 29.9 Å². The van der Waals surface area contributed by atoms with Gasteiger partial charge in [-0.2, -0.15) is 4.31 Å². The molecule has 34 heavy (non-hydrogen) atoms. The third-order valence-electron chi connectivity index (χ3n) is 7.09. The van der Waals surface area contributed by atoms with Crippen molar-refractivity contribution in [3.05, 3.63) is 46.8 Å². The zero-order chi connectivity index (χ0) is 24.0. The van der Waals surface area contributed by atoms with Gasteiger partial charge < -0.3 is 18.9 Å². The number of sulfonamides is 1. The van der Waals surface area contributed by atoms with Gasteiger partial charge in [-0.05, 0) is 62.6 Å². The fourth-order valence-corrected chi connectivity index (χ4v) is 6.50. The van der Waals surface area contributed by atoms with Crippen molar-refractivity contribution in [3.8, 4) is 0 Å². The molecular weight excluding hydrogens is 454 g/mol. The maximum absolute atomic E-state index is 13.2. The summed E-state index contributed by atoms with van der Waals surface area (Å²) in [6.07, 6.45) is 4.27. The number of ether oxygens (including phenoxy) is 2. The molecule has 5 rings (SSSR count). The van der Waals surface area contributed by atoms with Crippen LogP contribution in [0.1, 0.15) is 35.4 Å². The summed E-state index contributed by atoms with van der Waals surface area (Å²) in [4.78, 5) is 14.9. The molecule has 0 N–H and O–H groups in total. The van der Waals surface area contributed by atoms with Gasteiger partial charge in [0.25, 0.3) is 5.91 Å². The maximum atomic E-state index is 13.2. The van der Waals surface area contributed by atoms with Crippen LogP contribution in [-0.4, -0.2) is 69.3 Å². The van der Waals surface area contributed by atoms with Crippen LogP contribution in [0.15, 0.2) is 29.2 Å². The van der Waals surface area contributed by atoms with Crippen molar-refractivity contribution in [2.45, 2.75) is 44.2 Å². The highest BCUT2D eigenvalue weighted by atomic mass is 32.2. The van der Waals surface area contributed by atoms with Gasteiger partial charge in [0.2, 0.25) is 10.0 Å². The van der Waals surface area contributed by atoms with Crippen LogP contribution in [0.2, 0.25) is 0 Å². The molecule has 1 atom stereocenters. The Bertz CT molecular complexity index is 1250. The van der Waals surface area contributed by atoms with Gasteiger partial charge in [-0.25, -0.2) is 8.42 Å². The number of likely N-dealkylation sites (N-methyl/N-ethyl adjacent to an activating group) is 1. The monoisotopic (exact) mass is 485 g/mol. The van der Waals surface area contributed by atoms with E-state index in [2.05, 4.69) is 24.5 Å². The van der Waals surface area contributed by atoms with Crippen LogP contribution in [0.25, 0.3) is 11.6 Å². The minimum Gasteiger partial charge on any atom is -0.379 e. The van der Waals surface area contributed by atoms with Gasteiger partial charge >= 0.3 is 0 Å². The Kier molecular flexibility index (Phi) is 6.14. The van der Waals surface area contributed by atoms with Gasteiger partial charge in [-0.1, -0.05) is 0 Å². The summed E-state index contributed by atoms with van der Waals surface area (Å²) in [5.74, 6) is -0.139. The van der Waals surface area contributed by atoms with Crippen molar-refractivity contribution >= 4 is 33.3 Å². The standard InChI is InChI=1S/C25H31N3O5S/c1-17-13-19(18(2)28(17)16-20-5-4-10-33-20)14-23-22-15-21(6-7-24(22)26(3)25(23)29)34(30,31)27-8-11-32-12-9-27/h6-7,13-15,20H,4-5,8-12,16H2,1-3H3/b23-14-/t20-/m0/s1.